The number of nitrogen functional groups attached to an aromatic ring is 1. The summed E-state index contributed by atoms with van der Waals surface area (Å²) in [6.45, 7) is 0. The van der Waals surface area contributed by atoms with E-state index in [1.54, 1.807) is 24.3 Å². The number of esters is 1. The summed E-state index contributed by atoms with van der Waals surface area (Å²) in [6.07, 6.45) is 3.59. The van der Waals surface area contributed by atoms with Crippen LogP contribution >= 0.6 is 0 Å². The second-order valence-corrected chi connectivity index (χ2v) is 3.00. The van der Waals surface area contributed by atoms with E-state index in [-0.39, 0.29) is 18.1 Å². The Bertz CT molecular complexity index is 385. The number of aromatic hydroxyl groups is 1. The first-order valence-electron chi connectivity index (χ1n) is 4.45. The summed E-state index contributed by atoms with van der Waals surface area (Å²) >= 11 is 0. The number of phenolic OH excluding ortho intramolecular Hbond substituents is 1. The smallest absolute Gasteiger partial charge is 0.309 e. The third kappa shape index (κ3) is 3.34. The third-order valence-corrected chi connectivity index (χ3v) is 1.88. The molecule has 0 aliphatic heterocycles. The van der Waals surface area contributed by atoms with E-state index in [1.807, 2.05) is 0 Å². The average molecular weight is 207 g/mol. The molecular formula is C11H13NO3. The lowest BCUT2D eigenvalue weighted by Gasteiger charge is -1.99. The molecule has 1 aromatic carbocycles. The molecule has 80 valence electrons. The van der Waals surface area contributed by atoms with E-state index in [9.17, 15) is 9.90 Å². The lowest BCUT2D eigenvalue weighted by atomic mass is 10.1. The standard InChI is InChI=1S/C11H13NO3/c1-15-11(14)4-2-3-8-5-6-9(12)10(13)7-8/h2-3,5-7,13H,4,12H2,1H3. The maximum Gasteiger partial charge on any atom is 0.309 e. The van der Waals surface area contributed by atoms with Crippen molar-refractivity contribution in [2.24, 2.45) is 0 Å². The summed E-state index contributed by atoms with van der Waals surface area (Å²) in [6, 6.07) is 4.89. The molecule has 0 radical (unpaired) electrons. The summed E-state index contributed by atoms with van der Waals surface area (Å²) in [5, 5.41) is 9.30. The van der Waals surface area contributed by atoms with E-state index in [2.05, 4.69) is 4.74 Å². The van der Waals surface area contributed by atoms with Crippen LogP contribution in [-0.2, 0) is 9.53 Å². The molecule has 1 rings (SSSR count). The van der Waals surface area contributed by atoms with Crippen molar-refractivity contribution in [1.29, 1.82) is 0 Å². The molecule has 0 aliphatic rings. The van der Waals surface area contributed by atoms with E-state index in [0.717, 1.165) is 5.56 Å². The molecule has 15 heavy (non-hydrogen) atoms. The molecule has 4 nitrogen and oxygen atoms in total. The van der Waals surface area contributed by atoms with Crippen molar-refractivity contribution < 1.29 is 14.6 Å². The van der Waals surface area contributed by atoms with Crippen LogP contribution in [0, 0.1) is 0 Å². The van der Waals surface area contributed by atoms with Crippen molar-refractivity contribution in [2.75, 3.05) is 12.8 Å². The van der Waals surface area contributed by atoms with E-state index in [0.29, 0.717) is 5.69 Å². The Hall–Kier alpha value is -1.97. The first-order chi connectivity index (χ1) is 7.13. The van der Waals surface area contributed by atoms with Crippen molar-refractivity contribution in [2.45, 2.75) is 6.42 Å². The van der Waals surface area contributed by atoms with Crippen molar-refractivity contribution in [3.05, 3.63) is 29.8 Å². The minimum atomic E-state index is -0.300. The van der Waals surface area contributed by atoms with Gasteiger partial charge in [-0.15, -0.1) is 0 Å². The maximum atomic E-state index is 10.8. The highest BCUT2D eigenvalue weighted by Gasteiger charge is 1.97. The van der Waals surface area contributed by atoms with Gasteiger partial charge in [0, 0.05) is 0 Å². The molecule has 4 heteroatoms. The van der Waals surface area contributed by atoms with Gasteiger partial charge in [0.05, 0.1) is 19.2 Å². The van der Waals surface area contributed by atoms with E-state index >= 15 is 0 Å². The summed E-state index contributed by atoms with van der Waals surface area (Å²) in [7, 11) is 1.34. The van der Waals surface area contributed by atoms with Gasteiger partial charge < -0.3 is 15.6 Å². The van der Waals surface area contributed by atoms with Crippen LogP contribution in [0.25, 0.3) is 6.08 Å². The van der Waals surface area contributed by atoms with E-state index in [1.165, 1.54) is 13.2 Å². The van der Waals surface area contributed by atoms with Crippen molar-refractivity contribution in [1.82, 2.24) is 0 Å². The van der Waals surface area contributed by atoms with Gasteiger partial charge in [0.1, 0.15) is 5.75 Å². The quantitative estimate of drug-likeness (QED) is 0.448. The highest BCUT2D eigenvalue weighted by atomic mass is 16.5. The third-order valence-electron chi connectivity index (χ3n) is 1.88. The first-order valence-corrected chi connectivity index (χ1v) is 4.45. The molecule has 1 aromatic rings. The summed E-state index contributed by atoms with van der Waals surface area (Å²) in [4.78, 5) is 10.8. The molecule has 0 bridgehead atoms. The number of hydrogen-bond acceptors (Lipinski definition) is 4. The van der Waals surface area contributed by atoms with Crippen molar-refractivity contribution in [3.63, 3.8) is 0 Å². The van der Waals surface area contributed by atoms with Gasteiger partial charge >= 0.3 is 5.97 Å². The topological polar surface area (TPSA) is 72.5 Å². The van der Waals surface area contributed by atoms with Crippen LogP contribution in [0.2, 0.25) is 0 Å². The molecule has 0 spiro atoms. The molecular weight excluding hydrogens is 194 g/mol. The Morgan fingerprint density at radius 3 is 2.93 bits per heavy atom. The average Bonchev–Trinajstić information content (AvgIpc) is 2.23. The fourth-order valence-electron chi connectivity index (χ4n) is 1.04. The number of nitrogens with two attached hydrogens (primary N) is 1. The molecule has 0 fully saturated rings. The molecule has 0 amide bonds. The number of phenols is 1. The van der Waals surface area contributed by atoms with Crippen LogP contribution in [0.5, 0.6) is 5.75 Å². The number of ether oxygens (including phenoxy) is 1. The zero-order chi connectivity index (χ0) is 11.3. The number of carbonyl (C=O) groups excluding carboxylic acids is 1. The number of hydrogen-bond donors (Lipinski definition) is 2. The monoisotopic (exact) mass is 207 g/mol. The predicted octanol–water partition coefficient (Wildman–Crippen LogP) is 1.55. The Morgan fingerprint density at radius 2 is 2.33 bits per heavy atom. The highest BCUT2D eigenvalue weighted by Crippen LogP contribution is 2.21. The van der Waals surface area contributed by atoms with E-state index < -0.39 is 0 Å². The molecule has 3 N–H and O–H groups in total. The van der Waals surface area contributed by atoms with Gasteiger partial charge in [-0.3, -0.25) is 4.79 Å². The van der Waals surface area contributed by atoms with Gasteiger partial charge in [-0.05, 0) is 17.7 Å². The van der Waals surface area contributed by atoms with Gasteiger partial charge in [0.25, 0.3) is 0 Å². The van der Waals surface area contributed by atoms with Crippen LogP contribution in [0.15, 0.2) is 24.3 Å². The summed E-state index contributed by atoms with van der Waals surface area (Å²) < 4.78 is 4.47. The largest absolute Gasteiger partial charge is 0.506 e. The fourth-order valence-corrected chi connectivity index (χ4v) is 1.04. The van der Waals surface area contributed by atoms with Crippen LogP contribution in [0.1, 0.15) is 12.0 Å². The van der Waals surface area contributed by atoms with Crippen LogP contribution in [-0.4, -0.2) is 18.2 Å². The second kappa shape index (κ2) is 5.05. The first kappa shape index (κ1) is 11.1. The number of rotatable bonds is 3. The molecule has 0 saturated heterocycles. The molecule has 0 atom stereocenters. The summed E-state index contributed by atoms with van der Waals surface area (Å²) in [5.41, 5.74) is 6.56. The number of methoxy groups -OCH3 is 1. The maximum absolute atomic E-state index is 10.8. The zero-order valence-electron chi connectivity index (χ0n) is 8.43. The minimum Gasteiger partial charge on any atom is -0.506 e. The Balaban J connectivity index is 2.65. The Morgan fingerprint density at radius 1 is 1.60 bits per heavy atom. The van der Waals surface area contributed by atoms with Crippen molar-refractivity contribution >= 4 is 17.7 Å². The molecule has 0 aromatic heterocycles. The Labute approximate surface area is 88.0 Å². The summed E-state index contributed by atoms with van der Waals surface area (Å²) in [5.74, 6) is -0.263. The predicted molar refractivity (Wildman–Crippen MR) is 58.2 cm³/mol. The van der Waals surface area contributed by atoms with Crippen LogP contribution in [0.4, 0.5) is 5.69 Å². The SMILES string of the molecule is COC(=O)CC=Cc1ccc(N)c(O)c1. The molecule has 0 unspecified atom stereocenters. The minimum absolute atomic E-state index is 0.0372. The van der Waals surface area contributed by atoms with Gasteiger partial charge in [-0.25, -0.2) is 0 Å². The lowest BCUT2D eigenvalue weighted by molar-refractivity contribution is -0.139. The number of carbonyl (C=O) groups is 1. The van der Waals surface area contributed by atoms with Crippen LogP contribution < -0.4 is 5.73 Å². The van der Waals surface area contributed by atoms with Gasteiger partial charge in [0.2, 0.25) is 0 Å². The van der Waals surface area contributed by atoms with Crippen LogP contribution in [0.3, 0.4) is 0 Å². The normalized spacial score (nSPS) is 10.5. The second-order valence-electron chi connectivity index (χ2n) is 3.00. The zero-order valence-corrected chi connectivity index (χ0v) is 8.43. The lowest BCUT2D eigenvalue weighted by Crippen LogP contribution is -1.96. The van der Waals surface area contributed by atoms with E-state index in [4.69, 9.17) is 5.73 Å². The molecule has 0 saturated carbocycles. The number of anilines is 1. The van der Waals surface area contributed by atoms with Gasteiger partial charge in [-0.2, -0.15) is 0 Å². The molecule has 0 aliphatic carbocycles. The molecule has 0 heterocycles. The van der Waals surface area contributed by atoms with Crippen molar-refractivity contribution in [3.8, 4) is 5.75 Å². The van der Waals surface area contributed by atoms with Gasteiger partial charge in [-0.1, -0.05) is 18.2 Å². The fraction of sp³-hybridized carbons (Fsp3) is 0.182. The number of benzene rings is 1. The van der Waals surface area contributed by atoms with Gasteiger partial charge in [0.15, 0.2) is 0 Å². The highest BCUT2D eigenvalue weighted by molar-refractivity contribution is 5.72. The Kier molecular flexibility index (Phi) is 3.74.